The van der Waals surface area contributed by atoms with Gasteiger partial charge in [-0.1, -0.05) is 54.1 Å². The van der Waals surface area contributed by atoms with Gasteiger partial charge in [-0.15, -0.1) is 0 Å². The molecule has 0 radical (unpaired) electrons. The molecular weight excluding hydrogens is 439 g/mol. The predicted octanol–water partition coefficient (Wildman–Crippen LogP) is 5.09. The monoisotopic (exact) mass is 460 g/mol. The molecule has 0 bridgehead atoms. The second-order valence-electron chi connectivity index (χ2n) is 7.07. The first-order chi connectivity index (χ1) is 14.7. The minimum Gasteiger partial charge on any atom is -0.326 e. The molecule has 31 heavy (non-hydrogen) atoms. The topological polar surface area (TPSA) is 75.3 Å². The summed E-state index contributed by atoms with van der Waals surface area (Å²) in [6.07, 6.45) is 0.610. The Morgan fingerprint density at radius 1 is 1.03 bits per heavy atom. The molecule has 5 nitrogen and oxygen atoms in total. The third-order valence-corrected chi connectivity index (χ3v) is 6.56. The minimum atomic E-state index is -3.68. The van der Waals surface area contributed by atoms with Gasteiger partial charge in [0.25, 0.3) is 0 Å². The maximum absolute atomic E-state index is 13.2. The lowest BCUT2D eigenvalue weighted by Gasteiger charge is -2.15. The van der Waals surface area contributed by atoms with E-state index in [9.17, 15) is 17.6 Å². The molecule has 3 rings (SSSR count). The molecule has 162 valence electrons. The van der Waals surface area contributed by atoms with Crippen molar-refractivity contribution in [1.29, 1.82) is 0 Å². The molecule has 0 saturated heterocycles. The van der Waals surface area contributed by atoms with Crippen molar-refractivity contribution in [2.75, 3.05) is 5.32 Å². The largest absolute Gasteiger partial charge is 0.326 e. The van der Waals surface area contributed by atoms with Crippen LogP contribution in [0.15, 0.2) is 77.7 Å². The van der Waals surface area contributed by atoms with Crippen molar-refractivity contribution in [2.24, 2.45) is 0 Å². The molecule has 0 unspecified atom stereocenters. The normalized spacial score (nSPS) is 12.4. The number of anilines is 1. The van der Waals surface area contributed by atoms with Crippen LogP contribution in [0.5, 0.6) is 0 Å². The Morgan fingerprint density at radius 3 is 2.35 bits per heavy atom. The lowest BCUT2D eigenvalue weighted by molar-refractivity contribution is -0.116. The third kappa shape index (κ3) is 6.37. The number of halogens is 2. The van der Waals surface area contributed by atoms with Gasteiger partial charge in [-0.2, -0.15) is 0 Å². The molecule has 3 aromatic carbocycles. The van der Waals surface area contributed by atoms with Gasteiger partial charge >= 0.3 is 0 Å². The van der Waals surface area contributed by atoms with E-state index in [0.717, 1.165) is 11.1 Å². The first-order valence-corrected chi connectivity index (χ1v) is 11.5. The summed E-state index contributed by atoms with van der Waals surface area (Å²) >= 11 is 5.71. The second kappa shape index (κ2) is 10.0. The number of hydrogen-bond donors (Lipinski definition) is 2. The molecule has 2 N–H and O–H groups in total. The van der Waals surface area contributed by atoms with Crippen molar-refractivity contribution in [1.82, 2.24) is 4.72 Å². The van der Waals surface area contributed by atoms with Crippen LogP contribution < -0.4 is 10.0 Å². The molecule has 0 fully saturated rings. The van der Waals surface area contributed by atoms with E-state index in [-0.39, 0.29) is 28.3 Å². The highest BCUT2D eigenvalue weighted by Gasteiger charge is 2.18. The van der Waals surface area contributed by atoms with Gasteiger partial charge in [-0.3, -0.25) is 4.79 Å². The standard InChI is InChI=1S/C23H22ClFN2O3S/c1-16(18-5-3-2-4-6-18)27-31(29,30)20-11-7-17(8-12-20)9-14-23(28)26-19-10-13-22(25)21(24)15-19/h2-8,10-13,15-16,27H,9,14H2,1H3,(H,26,28)/t16-/m0/s1. The molecule has 1 amide bonds. The fourth-order valence-corrected chi connectivity index (χ4v) is 4.41. The van der Waals surface area contributed by atoms with Gasteiger partial charge < -0.3 is 5.32 Å². The lowest BCUT2D eigenvalue weighted by atomic mass is 10.1. The second-order valence-corrected chi connectivity index (χ2v) is 9.20. The van der Waals surface area contributed by atoms with E-state index in [2.05, 4.69) is 10.0 Å². The summed E-state index contributed by atoms with van der Waals surface area (Å²) in [5.41, 5.74) is 2.11. The molecule has 0 aliphatic rings. The number of rotatable bonds is 8. The summed E-state index contributed by atoms with van der Waals surface area (Å²) < 4.78 is 41.1. The van der Waals surface area contributed by atoms with E-state index in [0.29, 0.717) is 12.1 Å². The number of carbonyl (C=O) groups excluding carboxylic acids is 1. The summed E-state index contributed by atoms with van der Waals surface area (Å²) in [4.78, 5) is 12.3. The van der Waals surface area contributed by atoms with E-state index in [1.807, 2.05) is 30.3 Å². The highest BCUT2D eigenvalue weighted by Crippen LogP contribution is 2.20. The Labute approximate surface area is 186 Å². The van der Waals surface area contributed by atoms with Gasteiger partial charge in [0, 0.05) is 18.2 Å². The highest BCUT2D eigenvalue weighted by molar-refractivity contribution is 7.89. The average Bonchev–Trinajstić information content (AvgIpc) is 2.75. The number of carbonyl (C=O) groups is 1. The van der Waals surface area contributed by atoms with Crippen molar-refractivity contribution < 1.29 is 17.6 Å². The summed E-state index contributed by atoms with van der Waals surface area (Å²) in [6, 6.07) is 19.3. The number of amides is 1. The van der Waals surface area contributed by atoms with Crippen molar-refractivity contribution in [3.63, 3.8) is 0 Å². The molecule has 3 aromatic rings. The lowest BCUT2D eigenvalue weighted by Crippen LogP contribution is -2.26. The first-order valence-electron chi connectivity index (χ1n) is 9.66. The van der Waals surface area contributed by atoms with Crippen molar-refractivity contribution >= 4 is 33.2 Å². The zero-order chi connectivity index (χ0) is 22.4. The smallest absolute Gasteiger partial charge is 0.241 e. The molecule has 0 aliphatic carbocycles. The van der Waals surface area contributed by atoms with Crippen molar-refractivity contribution in [3.8, 4) is 0 Å². The quantitative estimate of drug-likeness (QED) is 0.491. The predicted molar refractivity (Wildman–Crippen MR) is 120 cm³/mol. The van der Waals surface area contributed by atoms with E-state index in [1.165, 1.54) is 30.3 Å². The van der Waals surface area contributed by atoms with Crippen LogP contribution in [-0.2, 0) is 21.2 Å². The molecule has 1 atom stereocenters. The van der Waals surface area contributed by atoms with E-state index in [1.54, 1.807) is 19.1 Å². The van der Waals surface area contributed by atoms with Crippen molar-refractivity contribution in [2.45, 2.75) is 30.7 Å². The molecular formula is C23H22ClFN2O3S. The van der Waals surface area contributed by atoms with Gasteiger partial charge in [0.2, 0.25) is 15.9 Å². The number of sulfonamides is 1. The fourth-order valence-electron chi connectivity index (χ4n) is 3.00. The molecule has 0 aliphatic heterocycles. The molecule has 0 aromatic heterocycles. The average molecular weight is 461 g/mol. The Balaban J connectivity index is 1.56. The van der Waals surface area contributed by atoms with Crippen LogP contribution in [0.3, 0.4) is 0 Å². The minimum absolute atomic E-state index is 0.0650. The van der Waals surface area contributed by atoms with Crippen LogP contribution in [0.1, 0.15) is 30.5 Å². The molecule has 0 saturated carbocycles. The number of aryl methyl sites for hydroxylation is 1. The van der Waals surface area contributed by atoms with Crippen molar-refractivity contribution in [3.05, 3.63) is 94.8 Å². The molecule has 8 heteroatoms. The Morgan fingerprint density at radius 2 is 1.71 bits per heavy atom. The van der Waals surface area contributed by atoms with Gasteiger partial charge in [0.05, 0.1) is 9.92 Å². The Kier molecular flexibility index (Phi) is 7.43. The van der Waals surface area contributed by atoms with Crippen LogP contribution in [0.4, 0.5) is 10.1 Å². The molecule has 0 heterocycles. The van der Waals surface area contributed by atoms with Crippen LogP contribution >= 0.6 is 11.6 Å². The Bertz CT molecular complexity index is 1150. The maximum Gasteiger partial charge on any atom is 0.241 e. The van der Waals surface area contributed by atoms with E-state index < -0.39 is 15.8 Å². The van der Waals surface area contributed by atoms with Gasteiger partial charge in [0.1, 0.15) is 5.82 Å². The maximum atomic E-state index is 13.2. The number of hydrogen-bond acceptors (Lipinski definition) is 3. The summed E-state index contributed by atoms with van der Waals surface area (Å²) in [7, 11) is -3.68. The Hall–Kier alpha value is -2.74. The number of nitrogens with one attached hydrogen (secondary N) is 2. The van der Waals surface area contributed by atoms with Crippen LogP contribution in [0.2, 0.25) is 5.02 Å². The fraction of sp³-hybridized carbons (Fsp3) is 0.174. The summed E-state index contributed by atoms with van der Waals surface area (Å²) in [5.74, 6) is -0.805. The SMILES string of the molecule is C[C@H](NS(=O)(=O)c1ccc(CCC(=O)Nc2ccc(F)c(Cl)c2)cc1)c1ccccc1. The van der Waals surface area contributed by atoms with Crippen LogP contribution in [0.25, 0.3) is 0 Å². The molecule has 0 spiro atoms. The number of benzene rings is 3. The van der Waals surface area contributed by atoms with Crippen LogP contribution in [-0.4, -0.2) is 14.3 Å². The zero-order valence-corrected chi connectivity index (χ0v) is 18.4. The van der Waals surface area contributed by atoms with E-state index in [4.69, 9.17) is 11.6 Å². The van der Waals surface area contributed by atoms with Gasteiger partial charge in [-0.05, 0) is 54.8 Å². The zero-order valence-electron chi connectivity index (χ0n) is 16.8. The van der Waals surface area contributed by atoms with E-state index >= 15 is 0 Å². The summed E-state index contributed by atoms with van der Waals surface area (Å²) in [5, 5.41) is 2.59. The van der Waals surface area contributed by atoms with Gasteiger partial charge in [-0.25, -0.2) is 17.5 Å². The first kappa shape index (κ1) is 22.9. The van der Waals surface area contributed by atoms with Crippen LogP contribution in [0, 0.1) is 5.82 Å². The van der Waals surface area contributed by atoms with Gasteiger partial charge in [0.15, 0.2) is 0 Å². The summed E-state index contributed by atoms with van der Waals surface area (Å²) in [6.45, 7) is 1.79. The highest BCUT2D eigenvalue weighted by atomic mass is 35.5. The third-order valence-electron chi connectivity index (χ3n) is 4.71.